The lowest BCUT2D eigenvalue weighted by Crippen LogP contribution is -2.47. The Morgan fingerprint density at radius 1 is 1.44 bits per heavy atom. The third-order valence-electron chi connectivity index (χ3n) is 3.42. The Kier molecular flexibility index (Phi) is 4.60. The van der Waals surface area contributed by atoms with Gasteiger partial charge in [0.15, 0.2) is 0 Å². The first kappa shape index (κ1) is 13.4. The standard InChI is InChI=1S/C13H20N2O2S/c1-2-14-12(16)15-10-13(5-7-17-8-6-13)11-4-3-9-18-11/h3-4,9H,2,5-8,10H2,1H3,(H2,14,15,16). The SMILES string of the molecule is CCNC(=O)NCC1(c2cccs2)CCOCC1. The first-order chi connectivity index (χ1) is 8.77. The van der Waals surface area contributed by atoms with Crippen LogP contribution in [0.2, 0.25) is 0 Å². The van der Waals surface area contributed by atoms with Crippen molar-refractivity contribution in [3.63, 3.8) is 0 Å². The summed E-state index contributed by atoms with van der Waals surface area (Å²) in [6.45, 7) is 4.80. The number of rotatable bonds is 4. The molecule has 5 heteroatoms. The van der Waals surface area contributed by atoms with Gasteiger partial charge in [0.05, 0.1) is 0 Å². The summed E-state index contributed by atoms with van der Waals surface area (Å²) < 4.78 is 5.45. The fraction of sp³-hybridized carbons (Fsp3) is 0.615. The second-order valence-electron chi connectivity index (χ2n) is 4.58. The molecule has 0 radical (unpaired) electrons. The average Bonchev–Trinajstić information content (AvgIpc) is 2.92. The molecule has 1 fully saturated rings. The van der Waals surface area contributed by atoms with Gasteiger partial charge in [-0.15, -0.1) is 11.3 Å². The molecule has 4 nitrogen and oxygen atoms in total. The molecule has 0 saturated carbocycles. The van der Waals surface area contributed by atoms with Crippen LogP contribution < -0.4 is 10.6 Å². The number of hydrogen-bond acceptors (Lipinski definition) is 3. The highest BCUT2D eigenvalue weighted by molar-refractivity contribution is 7.10. The molecule has 2 amide bonds. The minimum Gasteiger partial charge on any atom is -0.381 e. The van der Waals surface area contributed by atoms with Gasteiger partial charge in [0.1, 0.15) is 0 Å². The number of ether oxygens (including phenoxy) is 1. The lowest BCUT2D eigenvalue weighted by Gasteiger charge is -2.36. The zero-order valence-electron chi connectivity index (χ0n) is 10.7. The molecular weight excluding hydrogens is 248 g/mol. The number of carbonyl (C=O) groups is 1. The second kappa shape index (κ2) is 6.20. The summed E-state index contributed by atoms with van der Waals surface area (Å²) in [5.74, 6) is 0. The third kappa shape index (κ3) is 3.03. The van der Waals surface area contributed by atoms with Crippen LogP contribution in [0.25, 0.3) is 0 Å². The number of thiophene rings is 1. The molecule has 0 bridgehead atoms. The summed E-state index contributed by atoms with van der Waals surface area (Å²) in [7, 11) is 0. The monoisotopic (exact) mass is 268 g/mol. The first-order valence-electron chi connectivity index (χ1n) is 6.40. The Morgan fingerprint density at radius 3 is 2.83 bits per heavy atom. The van der Waals surface area contributed by atoms with Gasteiger partial charge in [0.25, 0.3) is 0 Å². The van der Waals surface area contributed by atoms with Gasteiger partial charge in [-0.25, -0.2) is 4.79 Å². The molecule has 2 rings (SSSR count). The smallest absolute Gasteiger partial charge is 0.314 e. The van der Waals surface area contributed by atoms with Gasteiger partial charge >= 0.3 is 6.03 Å². The van der Waals surface area contributed by atoms with Crippen LogP contribution in [0, 0.1) is 0 Å². The highest BCUT2D eigenvalue weighted by Gasteiger charge is 2.35. The Balaban J connectivity index is 2.03. The molecule has 1 aliphatic heterocycles. The van der Waals surface area contributed by atoms with Crippen molar-refractivity contribution in [1.82, 2.24) is 10.6 Å². The number of amides is 2. The maximum absolute atomic E-state index is 11.5. The van der Waals surface area contributed by atoms with Crippen molar-refractivity contribution in [1.29, 1.82) is 0 Å². The van der Waals surface area contributed by atoms with E-state index in [2.05, 4.69) is 28.1 Å². The van der Waals surface area contributed by atoms with Gasteiger partial charge in [-0.3, -0.25) is 0 Å². The van der Waals surface area contributed by atoms with Crippen molar-refractivity contribution in [2.24, 2.45) is 0 Å². The van der Waals surface area contributed by atoms with Crippen LogP contribution in [0.3, 0.4) is 0 Å². The Labute approximate surface area is 112 Å². The maximum atomic E-state index is 11.5. The molecule has 1 aliphatic rings. The topological polar surface area (TPSA) is 50.4 Å². The van der Waals surface area contributed by atoms with Gasteiger partial charge in [0, 0.05) is 36.6 Å². The average molecular weight is 268 g/mol. The van der Waals surface area contributed by atoms with Gasteiger partial charge in [-0.2, -0.15) is 0 Å². The van der Waals surface area contributed by atoms with Crippen molar-refractivity contribution in [2.45, 2.75) is 25.2 Å². The van der Waals surface area contributed by atoms with Gasteiger partial charge in [-0.05, 0) is 31.2 Å². The summed E-state index contributed by atoms with van der Waals surface area (Å²) in [6, 6.07) is 4.15. The van der Waals surface area contributed by atoms with E-state index in [0.29, 0.717) is 13.1 Å². The maximum Gasteiger partial charge on any atom is 0.314 e. The van der Waals surface area contributed by atoms with Crippen LogP contribution >= 0.6 is 11.3 Å². The van der Waals surface area contributed by atoms with Gasteiger partial charge < -0.3 is 15.4 Å². The largest absolute Gasteiger partial charge is 0.381 e. The summed E-state index contributed by atoms with van der Waals surface area (Å²) in [5, 5.41) is 7.85. The molecule has 2 N–H and O–H groups in total. The molecule has 1 aromatic rings. The highest BCUT2D eigenvalue weighted by atomic mass is 32.1. The lowest BCUT2D eigenvalue weighted by atomic mass is 9.78. The number of carbonyl (C=O) groups excluding carboxylic acids is 1. The first-order valence-corrected chi connectivity index (χ1v) is 7.28. The number of hydrogen-bond donors (Lipinski definition) is 2. The second-order valence-corrected chi connectivity index (χ2v) is 5.53. The quantitative estimate of drug-likeness (QED) is 0.879. The van der Waals surface area contributed by atoms with Crippen molar-refractivity contribution in [3.8, 4) is 0 Å². The molecule has 0 spiro atoms. The zero-order valence-corrected chi connectivity index (χ0v) is 11.5. The van der Waals surface area contributed by atoms with E-state index in [-0.39, 0.29) is 11.4 Å². The van der Waals surface area contributed by atoms with E-state index in [1.807, 2.05) is 6.92 Å². The lowest BCUT2D eigenvalue weighted by molar-refractivity contribution is 0.0519. The van der Waals surface area contributed by atoms with Crippen molar-refractivity contribution < 1.29 is 9.53 Å². The van der Waals surface area contributed by atoms with Crippen molar-refractivity contribution >= 4 is 17.4 Å². The molecule has 0 unspecified atom stereocenters. The molecule has 0 aromatic carbocycles. The zero-order chi connectivity index (χ0) is 12.8. The Hall–Kier alpha value is -1.07. The van der Waals surface area contributed by atoms with Crippen LogP contribution in [0.4, 0.5) is 4.79 Å². The van der Waals surface area contributed by atoms with Gasteiger partial charge in [0.2, 0.25) is 0 Å². The number of nitrogens with one attached hydrogen (secondary N) is 2. The van der Waals surface area contributed by atoms with E-state index >= 15 is 0 Å². The predicted molar refractivity (Wildman–Crippen MR) is 73.1 cm³/mol. The molecular formula is C13H20N2O2S. The van der Waals surface area contributed by atoms with E-state index in [9.17, 15) is 4.79 Å². The highest BCUT2D eigenvalue weighted by Crippen LogP contribution is 2.36. The molecule has 100 valence electrons. The summed E-state index contributed by atoms with van der Waals surface area (Å²) in [4.78, 5) is 12.9. The minimum absolute atomic E-state index is 0.0531. The van der Waals surface area contributed by atoms with E-state index in [4.69, 9.17) is 4.74 Å². The number of urea groups is 1. The molecule has 0 aliphatic carbocycles. The Bertz CT molecular complexity index is 372. The summed E-state index contributed by atoms with van der Waals surface area (Å²) in [6.07, 6.45) is 1.94. The van der Waals surface area contributed by atoms with Gasteiger partial charge in [-0.1, -0.05) is 6.07 Å². The van der Waals surface area contributed by atoms with Crippen LogP contribution in [-0.4, -0.2) is 32.3 Å². The normalized spacial score (nSPS) is 18.3. The predicted octanol–water partition coefficient (Wildman–Crippen LogP) is 2.12. The van der Waals surface area contributed by atoms with Crippen LogP contribution in [0.15, 0.2) is 17.5 Å². The molecule has 18 heavy (non-hydrogen) atoms. The third-order valence-corrected chi connectivity index (χ3v) is 4.53. The Morgan fingerprint density at radius 2 is 2.22 bits per heavy atom. The molecule has 1 aromatic heterocycles. The fourth-order valence-electron chi connectivity index (χ4n) is 2.33. The molecule has 0 atom stereocenters. The van der Waals surface area contributed by atoms with E-state index in [0.717, 1.165) is 26.1 Å². The van der Waals surface area contributed by atoms with Crippen molar-refractivity contribution in [3.05, 3.63) is 22.4 Å². The summed E-state index contributed by atoms with van der Waals surface area (Å²) >= 11 is 1.77. The van der Waals surface area contributed by atoms with E-state index in [1.54, 1.807) is 11.3 Å². The van der Waals surface area contributed by atoms with Crippen LogP contribution in [0.1, 0.15) is 24.6 Å². The molecule has 2 heterocycles. The summed E-state index contributed by atoms with van der Waals surface area (Å²) in [5.41, 5.74) is 0.0531. The minimum atomic E-state index is -0.0834. The van der Waals surface area contributed by atoms with Crippen LogP contribution in [-0.2, 0) is 10.2 Å². The van der Waals surface area contributed by atoms with E-state index in [1.165, 1.54) is 4.88 Å². The van der Waals surface area contributed by atoms with Crippen LogP contribution in [0.5, 0.6) is 0 Å². The fourth-order valence-corrected chi connectivity index (χ4v) is 3.31. The van der Waals surface area contributed by atoms with Crippen molar-refractivity contribution in [2.75, 3.05) is 26.3 Å². The molecule has 1 saturated heterocycles. The van der Waals surface area contributed by atoms with E-state index < -0.39 is 0 Å².